The first-order chi connectivity index (χ1) is 12.3. The van der Waals surface area contributed by atoms with Crippen LogP contribution in [0, 0.1) is 0 Å². The Morgan fingerprint density at radius 1 is 1.08 bits per heavy atom. The molecule has 3 nitrogen and oxygen atoms in total. The van der Waals surface area contributed by atoms with Gasteiger partial charge < -0.3 is 5.32 Å². The Balaban J connectivity index is 1.57. The number of benzene rings is 1. The number of thiophene rings is 1. The fourth-order valence-corrected chi connectivity index (χ4v) is 4.65. The Morgan fingerprint density at radius 2 is 1.88 bits per heavy atom. The molecule has 0 atom stereocenters. The van der Waals surface area contributed by atoms with Gasteiger partial charge in [-0.1, -0.05) is 61.2 Å². The molecule has 0 amide bonds. The van der Waals surface area contributed by atoms with Crippen LogP contribution in [-0.2, 0) is 6.42 Å². The summed E-state index contributed by atoms with van der Waals surface area (Å²) in [5.41, 5.74) is 1.33. The summed E-state index contributed by atoms with van der Waals surface area (Å²) in [6, 6.07) is 12.5. The van der Waals surface area contributed by atoms with E-state index in [0.717, 1.165) is 39.2 Å². The van der Waals surface area contributed by atoms with Crippen LogP contribution < -0.4 is 5.32 Å². The molecule has 0 saturated heterocycles. The van der Waals surface area contributed by atoms with E-state index in [1.807, 2.05) is 6.07 Å². The Bertz CT molecular complexity index is 841. The number of hydrogen-bond donors (Lipinski definition) is 1. The molecule has 2 heterocycles. The van der Waals surface area contributed by atoms with Crippen LogP contribution in [0.1, 0.15) is 49.4 Å². The molecule has 1 fully saturated rings. The molecule has 2 aromatic heterocycles. The molecule has 130 valence electrons. The number of halogens is 1. The van der Waals surface area contributed by atoms with Gasteiger partial charge in [0.15, 0.2) is 0 Å². The Morgan fingerprint density at radius 3 is 2.68 bits per heavy atom. The third kappa shape index (κ3) is 3.96. The first-order valence-corrected chi connectivity index (χ1v) is 10.2. The van der Waals surface area contributed by atoms with Gasteiger partial charge in [-0.05, 0) is 30.9 Å². The third-order valence-corrected chi connectivity index (χ3v) is 6.06. The summed E-state index contributed by atoms with van der Waals surface area (Å²) in [4.78, 5) is 10.7. The SMILES string of the molecule is Clc1cc2c(NCCc3ccccc3)nc(C3CCCCC3)nc2s1. The van der Waals surface area contributed by atoms with Crippen molar-refractivity contribution >= 4 is 39.0 Å². The molecule has 1 aliphatic carbocycles. The molecular weight excluding hydrogens is 350 g/mol. The second-order valence-electron chi connectivity index (χ2n) is 6.70. The van der Waals surface area contributed by atoms with Crippen molar-refractivity contribution in [2.45, 2.75) is 44.4 Å². The summed E-state index contributed by atoms with van der Waals surface area (Å²) >= 11 is 7.79. The number of anilines is 1. The highest BCUT2D eigenvalue weighted by Gasteiger charge is 2.20. The fraction of sp³-hybridized carbons (Fsp3) is 0.400. The van der Waals surface area contributed by atoms with E-state index in [2.05, 4.69) is 35.6 Å². The second kappa shape index (κ2) is 7.71. The molecule has 5 heteroatoms. The number of rotatable bonds is 5. The molecule has 1 saturated carbocycles. The molecule has 1 N–H and O–H groups in total. The monoisotopic (exact) mass is 371 g/mol. The van der Waals surface area contributed by atoms with Crippen molar-refractivity contribution in [2.24, 2.45) is 0 Å². The number of nitrogens with zero attached hydrogens (tertiary/aromatic N) is 2. The van der Waals surface area contributed by atoms with Gasteiger partial charge in [-0.3, -0.25) is 0 Å². The zero-order valence-corrected chi connectivity index (χ0v) is 15.7. The maximum atomic E-state index is 6.25. The van der Waals surface area contributed by atoms with E-state index in [0.29, 0.717) is 5.92 Å². The van der Waals surface area contributed by atoms with Crippen molar-refractivity contribution in [3.8, 4) is 0 Å². The molecule has 1 aromatic carbocycles. The number of nitrogens with one attached hydrogen (secondary N) is 1. The molecule has 25 heavy (non-hydrogen) atoms. The van der Waals surface area contributed by atoms with Crippen molar-refractivity contribution in [2.75, 3.05) is 11.9 Å². The maximum Gasteiger partial charge on any atom is 0.138 e. The summed E-state index contributed by atoms with van der Waals surface area (Å²) < 4.78 is 0.774. The van der Waals surface area contributed by atoms with Gasteiger partial charge in [0.1, 0.15) is 16.5 Å². The van der Waals surface area contributed by atoms with Crippen molar-refractivity contribution in [3.63, 3.8) is 0 Å². The summed E-state index contributed by atoms with van der Waals surface area (Å²) in [7, 11) is 0. The lowest BCUT2D eigenvalue weighted by molar-refractivity contribution is 0.430. The van der Waals surface area contributed by atoms with E-state index in [9.17, 15) is 0 Å². The van der Waals surface area contributed by atoms with Crippen LogP contribution in [0.3, 0.4) is 0 Å². The molecule has 3 aromatic rings. The first kappa shape index (κ1) is 16.8. The van der Waals surface area contributed by atoms with Crippen LogP contribution in [0.5, 0.6) is 0 Å². The van der Waals surface area contributed by atoms with Gasteiger partial charge in [-0.2, -0.15) is 0 Å². The molecule has 0 aliphatic heterocycles. The van der Waals surface area contributed by atoms with Crippen LogP contribution in [0.25, 0.3) is 10.2 Å². The number of fused-ring (bicyclic) bond motifs is 1. The standard InChI is InChI=1S/C20H22ClN3S/c21-17-13-16-19(22-12-11-14-7-3-1-4-8-14)23-18(24-20(16)25-17)15-9-5-2-6-10-15/h1,3-4,7-8,13,15H,2,5-6,9-12H2,(H,22,23,24). The average Bonchev–Trinajstić information content (AvgIpc) is 3.03. The zero-order chi connectivity index (χ0) is 17.1. The Hall–Kier alpha value is -1.65. The quantitative estimate of drug-likeness (QED) is 0.593. The number of hydrogen-bond acceptors (Lipinski definition) is 4. The van der Waals surface area contributed by atoms with Gasteiger partial charge in [-0.25, -0.2) is 9.97 Å². The number of aromatic nitrogens is 2. The lowest BCUT2D eigenvalue weighted by Crippen LogP contribution is -2.12. The first-order valence-electron chi connectivity index (χ1n) is 9.04. The van der Waals surface area contributed by atoms with Crippen molar-refractivity contribution in [1.82, 2.24) is 9.97 Å². The minimum atomic E-state index is 0.494. The van der Waals surface area contributed by atoms with Gasteiger partial charge in [-0.15, -0.1) is 11.3 Å². The van der Waals surface area contributed by atoms with Crippen LogP contribution >= 0.6 is 22.9 Å². The lowest BCUT2D eigenvalue weighted by atomic mass is 9.89. The molecule has 0 spiro atoms. The van der Waals surface area contributed by atoms with E-state index >= 15 is 0 Å². The molecule has 1 aliphatic rings. The van der Waals surface area contributed by atoms with Gasteiger partial charge in [0.05, 0.1) is 9.72 Å². The van der Waals surface area contributed by atoms with E-state index in [1.165, 1.54) is 37.7 Å². The fourth-order valence-electron chi connectivity index (χ4n) is 3.56. The van der Waals surface area contributed by atoms with Crippen LogP contribution in [-0.4, -0.2) is 16.5 Å². The highest BCUT2D eigenvalue weighted by Crippen LogP contribution is 2.36. The van der Waals surface area contributed by atoms with Gasteiger partial charge >= 0.3 is 0 Å². The Labute approximate surface area is 157 Å². The maximum absolute atomic E-state index is 6.25. The second-order valence-corrected chi connectivity index (χ2v) is 8.36. The summed E-state index contributed by atoms with van der Waals surface area (Å²) in [5, 5.41) is 4.57. The highest BCUT2D eigenvalue weighted by molar-refractivity contribution is 7.22. The smallest absolute Gasteiger partial charge is 0.138 e. The van der Waals surface area contributed by atoms with Crippen LogP contribution in [0.4, 0.5) is 5.82 Å². The van der Waals surface area contributed by atoms with Crippen LogP contribution in [0.2, 0.25) is 4.34 Å². The van der Waals surface area contributed by atoms with Gasteiger partial charge in [0.25, 0.3) is 0 Å². The van der Waals surface area contributed by atoms with Crippen molar-refractivity contribution in [3.05, 3.63) is 52.1 Å². The largest absolute Gasteiger partial charge is 0.369 e. The summed E-state index contributed by atoms with van der Waals surface area (Å²) in [5.74, 6) is 2.42. The molecule has 4 rings (SSSR count). The van der Waals surface area contributed by atoms with E-state index in [-0.39, 0.29) is 0 Å². The predicted octanol–water partition coefficient (Wildman–Crippen LogP) is 6.05. The highest BCUT2D eigenvalue weighted by atomic mass is 35.5. The normalized spacial score (nSPS) is 15.6. The summed E-state index contributed by atoms with van der Waals surface area (Å²) in [6.45, 7) is 0.855. The topological polar surface area (TPSA) is 37.8 Å². The minimum absolute atomic E-state index is 0.494. The van der Waals surface area contributed by atoms with E-state index in [1.54, 1.807) is 11.3 Å². The van der Waals surface area contributed by atoms with E-state index in [4.69, 9.17) is 21.6 Å². The average molecular weight is 372 g/mol. The van der Waals surface area contributed by atoms with Crippen LogP contribution in [0.15, 0.2) is 36.4 Å². The Kier molecular flexibility index (Phi) is 5.18. The summed E-state index contributed by atoms with van der Waals surface area (Å²) in [6.07, 6.45) is 7.29. The van der Waals surface area contributed by atoms with Gasteiger partial charge in [0, 0.05) is 12.5 Å². The minimum Gasteiger partial charge on any atom is -0.369 e. The molecule has 0 radical (unpaired) electrons. The third-order valence-electron chi connectivity index (χ3n) is 4.90. The van der Waals surface area contributed by atoms with Gasteiger partial charge in [0.2, 0.25) is 0 Å². The molecule has 0 unspecified atom stereocenters. The molecular formula is C20H22ClN3S. The zero-order valence-electron chi connectivity index (χ0n) is 14.2. The predicted molar refractivity (Wildman–Crippen MR) is 107 cm³/mol. The van der Waals surface area contributed by atoms with Crippen molar-refractivity contribution < 1.29 is 0 Å². The van der Waals surface area contributed by atoms with E-state index < -0.39 is 0 Å². The molecule has 0 bridgehead atoms. The van der Waals surface area contributed by atoms with Crippen molar-refractivity contribution in [1.29, 1.82) is 0 Å². The lowest BCUT2D eigenvalue weighted by Gasteiger charge is -2.21.